The van der Waals surface area contributed by atoms with E-state index in [0.29, 0.717) is 0 Å². The highest BCUT2D eigenvalue weighted by Gasteiger charge is 2.22. The van der Waals surface area contributed by atoms with Gasteiger partial charge in [-0.15, -0.1) is 0 Å². The van der Waals surface area contributed by atoms with Crippen molar-refractivity contribution in [3.05, 3.63) is 0 Å². The van der Waals surface area contributed by atoms with E-state index in [9.17, 15) is 4.79 Å². The van der Waals surface area contributed by atoms with Gasteiger partial charge in [0.15, 0.2) is 0 Å². The molecule has 1 N–H and O–H groups in total. The Morgan fingerprint density at radius 3 is 2.47 bits per heavy atom. The van der Waals surface area contributed by atoms with Crippen LogP contribution in [0, 0.1) is 5.92 Å². The first-order valence-corrected chi connectivity index (χ1v) is 6.56. The van der Waals surface area contributed by atoms with Crippen LogP contribution in [-0.2, 0) is 14.3 Å². The van der Waals surface area contributed by atoms with E-state index in [1.807, 2.05) is 6.92 Å². The van der Waals surface area contributed by atoms with Crippen LogP contribution < -0.4 is 0 Å². The van der Waals surface area contributed by atoms with Gasteiger partial charge in [-0.25, -0.2) is 0 Å². The van der Waals surface area contributed by atoms with Crippen LogP contribution in [0.15, 0.2) is 0 Å². The quantitative estimate of drug-likeness (QED) is 0.725. The molecular formula is C13H24O4. The smallest absolute Gasteiger partial charge is 0.309 e. The highest BCUT2D eigenvalue weighted by Crippen LogP contribution is 2.24. The largest absolute Gasteiger partial charge is 0.463 e. The monoisotopic (exact) mass is 244 g/mol. The molecule has 4 nitrogen and oxygen atoms in total. The molecule has 1 aliphatic rings. The number of esters is 1. The lowest BCUT2D eigenvalue weighted by atomic mass is 9.89. The molecule has 1 aliphatic carbocycles. The normalized spacial score (nSPS) is 20.9. The van der Waals surface area contributed by atoms with Gasteiger partial charge >= 0.3 is 5.97 Å². The Kier molecular flexibility index (Phi) is 6.52. The molecule has 1 fully saturated rings. The van der Waals surface area contributed by atoms with E-state index in [2.05, 4.69) is 0 Å². The summed E-state index contributed by atoms with van der Waals surface area (Å²) in [6, 6.07) is 0. The molecule has 0 aromatic rings. The standard InChI is InChI=1S/C13H24O4/c1-10(14)8-16-11(2)9-17-13(15)12-6-4-3-5-7-12/h10-12,14H,3-9H2,1-2H3. The maximum Gasteiger partial charge on any atom is 0.309 e. The van der Waals surface area contributed by atoms with Crippen molar-refractivity contribution >= 4 is 5.97 Å². The number of hydrogen-bond acceptors (Lipinski definition) is 4. The van der Waals surface area contributed by atoms with Crippen molar-refractivity contribution < 1.29 is 19.4 Å². The van der Waals surface area contributed by atoms with Crippen molar-refractivity contribution in [3.63, 3.8) is 0 Å². The van der Waals surface area contributed by atoms with E-state index in [1.165, 1.54) is 6.42 Å². The van der Waals surface area contributed by atoms with Crippen LogP contribution in [0.4, 0.5) is 0 Å². The zero-order valence-electron chi connectivity index (χ0n) is 10.9. The summed E-state index contributed by atoms with van der Waals surface area (Å²) in [5, 5.41) is 9.05. The van der Waals surface area contributed by atoms with E-state index in [0.717, 1.165) is 25.7 Å². The molecule has 0 heterocycles. The Morgan fingerprint density at radius 2 is 1.88 bits per heavy atom. The zero-order chi connectivity index (χ0) is 12.7. The molecule has 0 aromatic carbocycles. The molecule has 0 aliphatic heterocycles. The first kappa shape index (κ1) is 14.5. The topological polar surface area (TPSA) is 55.8 Å². The zero-order valence-corrected chi connectivity index (χ0v) is 10.9. The predicted octanol–water partition coefficient (Wildman–Crippen LogP) is 1.90. The number of aliphatic hydroxyl groups is 1. The van der Waals surface area contributed by atoms with Gasteiger partial charge in [0, 0.05) is 0 Å². The lowest BCUT2D eigenvalue weighted by Gasteiger charge is -2.21. The van der Waals surface area contributed by atoms with E-state index in [1.54, 1.807) is 6.92 Å². The lowest BCUT2D eigenvalue weighted by Crippen LogP contribution is -2.26. The number of carbonyl (C=O) groups excluding carboxylic acids is 1. The summed E-state index contributed by atoms with van der Waals surface area (Å²) in [7, 11) is 0. The minimum atomic E-state index is -0.480. The molecule has 1 rings (SSSR count). The summed E-state index contributed by atoms with van der Waals surface area (Å²) in [5.41, 5.74) is 0. The third-order valence-electron chi connectivity index (χ3n) is 3.02. The minimum Gasteiger partial charge on any atom is -0.463 e. The molecule has 2 unspecified atom stereocenters. The number of ether oxygens (including phenoxy) is 2. The number of carbonyl (C=O) groups is 1. The average Bonchev–Trinajstić information content (AvgIpc) is 2.34. The Labute approximate surface area is 103 Å². The minimum absolute atomic E-state index is 0.0859. The van der Waals surface area contributed by atoms with Gasteiger partial charge in [-0.05, 0) is 26.7 Å². The summed E-state index contributed by atoms with van der Waals surface area (Å²) in [5.74, 6) is 0.00455. The molecule has 100 valence electrons. The summed E-state index contributed by atoms with van der Waals surface area (Å²) in [6.07, 6.45) is 4.78. The Bertz CT molecular complexity index is 221. The van der Waals surface area contributed by atoms with E-state index in [4.69, 9.17) is 14.6 Å². The summed E-state index contributed by atoms with van der Waals surface area (Å²) >= 11 is 0. The SMILES string of the molecule is CC(O)COC(C)COC(=O)C1CCCCC1. The summed E-state index contributed by atoms with van der Waals surface area (Å²) < 4.78 is 10.5. The maximum atomic E-state index is 11.7. The molecule has 1 saturated carbocycles. The van der Waals surface area contributed by atoms with Gasteiger partial charge in [0.1, 0.15) is 6.61 Å². The highest BCUT2D eigenvalue weighted by atomic mass is 16.6. The molecule has 2 atom stereocenters. The molecule has 0 saturated heterocycles. The molecule has 0 bridgehead atoms. The van der Waals surface area contributed by atoms with Crippen LogP contribution in [-0.4, -0.2) is 36.5 Å². The van der Waals surface area contributed by atoms with E-state index >= 15 is 0 Å². The second-order valence-electron chi connectivity index (χ2n) is 4.96. The van der Waals surface area contributed by atoms with Crippen LogP contribution in [0.1, 0.15) is 46.0 Å². The van der Waals surface area contributed by atoms with Crippen molar-refractivity contribution in [1.29, 1.82) is 0 Å². The lowest BCUT2D eigenvalue weighted by molar-refractivity contribution is -0.154. The van der Waals surface area contributed by atoms with Crippen molar-refractivity contribution in [2.75, 3.05) is 13.2 Å². The Morgan fingerprint density at radius 1 is 1.24 bits per heavy atom. The fourth-order valence-corrected chi connectivity index (χ4v) is 2.01. The van der Waals surface area contributed by atoms with Crippen molar-refractivity contribution in [2.45, 2.75) is 58.2 Å². The fourth-order valence-electron chi connectivity index (χ4n) is 2.01. The van der Waals surface area contributed by atoms with Crippen LogP contribution in [0.2, 0.25) is 0 Å². The van der Waals surface area contributed by atoms with Crippen LogP contribution >= 0.6 is 0 Å². The van der Waals surface area contributed by atoms with E-state index in [-0.39, 0.29) is 31.2 Å². The Balaban J connectivity index is 2.13. The maximum absolute atomic E-state index is 11.7. The van der Waals surface area contributed by atoms with Crippen LogP contribution in [0.25, 0.3) is 0 Å². The second-order valence-corrected chi connectivity index (χ2v) is 4.96. The number of hydrogen-bond donors (Lipinski definition) is 1. The third kappa shape index (κ3) is 6.03. The van der Waals surface area contributed by atoms with Crippen molar-refractivity contribution in [2.24, 2.45) is 5.92 Å². The van der Waals surface area contributed by atoms with Gasteiger partial charge in [0.05, 0.1) is 24.7 Å². The molecule has 0 radical (unpaired) electrons. The van der Waals surface area contributed by atoms with Crippen LogP contribution in [0.5, 0.6) is 0 Å². The molecular weight excluding hydrogens is 220 g/mol. The fraction of sp³-hybridized carbons (Fsp3) is 0.923. The molecule has 0 spiro atoms. The predicted molar refractivity (Wildman–Crippen MR) is 64.6 cm³/mol. The van der Waals surface area contributed by atoms with Crippen molar-refractivity contribution in [1.82, 2.24) is 0 Å². The molecule has 4 heteroatoms. The van der Waals surface area contributed by atoms with Gasteiger partial charge in [-0.2, -0.15) is 0 Å². The van der Waals surface area contributed by atoms with Crippen molar-refractivity contribution in [3.8, 4) is 0 Å². The first-order valence-electron chi connectivity index (χ1n) is 6.56. The van der Waals surface area contributed by atoms with E-state index < -0.39 is 6.10 Å². The second kappa shape index (κ2) is 7.67. The Hall–Kier alpha value is -0.610. The van der Waals surface area contributed by atoms with Gasteiger partial charge in [0.25, 0.3) is 0 Å². The van der Waals surface area contributed by atoms with Gasteiger partial charge < -0.3 is 14.6 Å². The van der Waals surface area contributed by atoms with Gasteiger partial charge in [-0.1, -0.05) is 19.3 Å². The van der Waals surface area contributed by atoms with Crippen LogP contribution in [0.3, 0.4) is 0 Å². The highest BCUT2D eigenvalue weighted by molar-refractivity contribution is 5.72. The van der Waals surface area contributed by atoms with Gasteiger partial charge in [-0.3, -0.25) is 4.79 Å². The first-order chi connectivity index (χ1) is 8.09. The number of aliphatic hydroxyl groups excluding tert-OH is 1. The molecule has 0 aromatic heterocycles. The molecule has 17 heavy (non-hydrogen) atoms. The summed E-state index contributed by atoms with van der Waals surface area (Å²) in [6.45, 7) is 4.07. The van der Waals surface area contributed by atoms with Gasteiger partial charge in [0.2, 0.25) is 0 Å². The summed E-state index contributed by atoms with van der Waals surface area (Å²) in [4.78, 5) is 11.7. The average molecular weight is 244 g/mol. The number of rotatable bonds is 6. The molecule has 0 amide bonds. The third-order valence-corrected chi connectivity index (χ3v) is 3.02.